The zero-order chi connectivity index (χ0) is 20.1. The molecule has 0 spiro atoms. The molecule has 0 aliphatic heterocycles. The van der Waals surface area contributed by atoms with Crippen LogP contribution in [0.1, 0.15) is 44.6 Å². The van der Waals surface area contributed by atoms with E-state index in [2.05, 4.69) is 4.98 Å². The standard InChI is InChI=1S/C20H19FN2O4/c1-5-27-20(25)17-11(2)18(23-12(17)3)19(24)14(10-22)8-13-6-7-16(26-4)15(21)9-13/h6-9,23H,5H2,1-4H3/b14-8+. The van der Waals surface area contributed by atoms with Crippen molar-refractivity contribution < 1.29 is 23.5 Å². The highest BCUT2D eigenvalue weighted by atomic mass is 19.1. The molecule has 0 bridgehead atoms. The van der Waals surface area contributed by atoms with Gasteiger partial charge in [0, 0.05) is 5.69 Å². The Morgan fingerprint density at radius 3 is 2.59 bits per heavy atom. The fraction of sp³-hybridized carbons (Fsp3) is 0.250. The van der Waals surface area contributed by atoms with Crippen LogP contribution >= 0.6 is 0 Å². The average molecular weight is 370 g/mol. The molecular weight excluding hydrogens is 351 g/mol. The Labute approximate surface area is 156 Å². The number of nitrogens with one attached hydrogen (secondary N) is 1. The first kappa shape index (κ1) is 19.9. The number of nitriles is 1. The molecule has 1 N–H and O–H groups in total. The zero-order valence-corrected chi connectivity index (χ0v) is 15.5. The number of aromatic nitrogens is 1. The molecule has 7 heteroatoms. The molecule has 0 amide bonds. The quantitative estimate of drug-likeness (QED) is 0.362. The minimum absolute atomic E-state index is 0.0619. The van der Waals surface area contributed by atoms with Gasteiger partial charge in [-0.2, -0.15) is 5.26 Å². The summed E-state index contributed by atoms with van der Waals surface area (Å²) in [7, 11) is 1.34. The summed E-state index contributed by atoms with van der Waals surface area (Å²) >= 11 is 0. The second-order valence-corrected chi connectivity index (χ2v) is 5.74. The van der Waals surface area contributed by atoms with Crippen LogP contribution in [0.15, 0.2) is 23.8 Å². The summed E-state index contributed by atoms with van der Waals surface area (Å²) in [5.74, 6) is -1.67. The van der Waals surface area contributed by atoms with E-state index in [0.717, 1.165) is 0 Å². The van der Waals surface area contributed by atoms with Crippen molar-refractivity contribution in [3.8, 4) is 11.8 Å². The third-order valence-corrected chi connectivity index (χ3v) is 4.00. The van der Waals surface area contributed by atoms with Crippen LogP contribution in [0.2, 0.25) is 0 Å². The first-order chi connectivity index (χ1) is 12.8. The van der Waals surface area contributed by atoms with Crippen LogP contribution in [-0.2, 0) is 4.74 Å². The largest absolute Gasteiger partial charge is 0.494 e. The van der Waals surface area contributed by atoms with Crippen molar-refractivity contribution in [3.05, 3.63) is 57.7 Å². The number of rotatable bonds is 6. The van der Waals surface area contributed by atoms with Crippen molar-refractivity contribution >= 4 is 17.8 Å². The molecule has 6 nitrogen and oxygen atoms in total. The van der Waals surface area contributed by atoms with E-state index in [1.54, 1.807) is 20.8 Å². The number of aryl methyl sites for hydroxylation is 1. The lowest BCUT2D eigenvalue weighted by molar-refractivity contribution is 0.0525. The number of carbonyl (C=O) groups is 2. The Bertz CT molecular complexity index is 967. The maximum absolute atomic E-state index is 13.8. The number of H-pyrrole nitrogens is 1. The first-order valence-corrected chi connectivity index (χ1v) is 8.20. The van der Waals surface area contributed by atoms with E-state index >= 15 is 0 Å². The minimum atomic E-state index is -0.604. The highest BCUT2D eigenvalue weighted by Crippen LogP contribution is 2.23. The predicted molar refractivity (Wildman–Crippen MR) is 97.1 cm³/mol. The molecular formula is C20H19FN2O4. The van der Waals surface area contributed by atoms with E-state index in [0.29, 0.717) is 16.8 Å². The number of ether oxygens (including phenoxy) is 2. The van der Waals surface area contributed by atoms with Gasteiger partial charge in [-0.15, -0.1) is 0 Å². The fourth-order valence-electron chi connectivity index (χ4n) is 2.71. The van der Waals surface area contributed by atoms with Gasteiger partial charge in [0.15, 0.2) is 11.6 Å². The number of Topliss-reactive ketones (excluding diaryl/α,β-unsaturated/α-hetero) is 1. The topological polar surface area (TPSA) is 92.2 Å². The molecule has 0 saturated carbocycles. The number of allylic oxidation sites excluding steroid dienone is 1. The van der Waals surface area contributed by atoms with Crippen molar-refractivity contribution in [2.24, 2.45) is 0 Å². The summed E-state index contributed by atoms with van der Waals surface area (Å²) in [6, 6.07) is 5.93. The van der Waals surface area contributed by atoms with Gasteiger partial charge in [0.2, 0.25) is 5.78 Å². The van der Waals surface area contributed by atoms with Gasteiger partial charge in [-0.1, -0.05) is 6.07 Å². The highest BCUT2D eigenvalue weighted by Gasteiger charge is 2.24. The first-order valence-electron chi connectivity index (χ1n) is 8.20. The number of ketones is 1. The van der Waals surface area contributed by atoms with Crippen molar-refractivity contribution in [1.82, 2.24) is 4.98 Å². The lowest BCUT2D eigenvalue weighted by Gasteiger charge is -2.04. The van der Waals surface area contributed by atoms with Crippen molar-refractivity contribution in [2.75, 3.05) is 13.7 Å². The van der Waals surface area contributed by atoms with E-state index in [1.165, 1.54) is 31.4 Å². The number of benzene rings is 1. The van der Waals surface area contributed by atoms with E-state index in [9.17, 15) is 19.2 Å². The van der Waals surface area contributed by atoms with Gasteiger partial charge >= 0.3 is 5.97 Å². The second kappa shape index (κ2) is 8.32. The smallest absolute Gasteiger partial charge is 0.340 e. The molecule has 0 unspecified atom stereocenters. The normalized spacial score (nSPS) is 11.0. The summed E-state index contributed by atoms with van der Waals surface area (Å²) in [6.45, 7) is 5.14. The summed E-state index contributed by atoms with van der Waals surface area (Å²) in [4.78, 5) is 27.7. The van der Waals surface area contributed by atoms with Crippen LogP contribution < -0.4 is 4.74 Å². The van der Waals surface area contributed by atoms with Gasteiger partial charge in [0.25, 0.3) is 0 Å². The van der Waals surface area contributed by atoms with Crippen molar-refractivity contribution in [3.63, 3.8) is 0 Å². The third kappa shape index (κ3) is 4.06. The van der Waals surface area contributed by atoms with Crippen LogP contribution in [-0.4, -0.2) is 30.5 Å². The van der Waals surface area contributed by atoms with Crippen molar-refractivity contribution in [1.29, 1.82) is 5.26 Å². The summed E-state index contributed by atoms with van der Waals surface area (Å²) in [6.07, 6.45) is 1.28. The number of nitrogens with zero attached hydrogens (tertiary/aromatic N) is 1. The molecule has 2 rings (SSSR count). The Balaban J connectivity index is 2.43. The summed E-state index contributed by atoms with van der Waals surface area (Å²) in [5, 5.41) is 9.39. The maximum atomic E-state index is 13.8. The number of esters is 1. The minimum Gasteiger partial charge on any atom is -0.494 e. The van der Waals surface area contributed by atoms with Gasteiger partial charge in [0.05, 0.1) is 25.0 Å². The Morgan fingerprint density at radius 1 is 1.33 bits per heavy atom. The molecule has 27 heavy (non-hydrogen) atoms. The SMILES string of the molecule is CCOC(=O)c1c(C)[nH]c(C(=O)/C(C#N)=C/c2ccc(OC)c(F)c2)c1C. The number of hydrogen-bond acceptors (Lipinski definition) is 5. The average Bonchev–Trinajstić information content (AvgIpc) is 2.93. The van der Waals surface area contributed by atoms with Crippen LogP contribution in [0, 0.1) is 31.0 Å². The zero-order valence-electron chi connectivity index (χ0n) is 15.5. The van der Waals surface area contributed by atoms with E-state index in [-0.39, 0.29) is 29.2 Å². The molecule has 1 heterocycles. The second-order valence-electron chi connectivity index (χ2n) is 5.74. The molecule has 0 fully saturated rings. The number of halogens is 1. The molecule has 140 valence electrons. The van der Waals surface area contributed by atoms with Gasteiger partial charge in [-0.05, 0) is 50.1 Å². The summed E-state index contributed by atoms with van der Waals surface area (Å²) in [5.41, 5.74) is 1.41. The number of methoxy groups -OCH3 is 1. The molecule has 2 aromatic rings. The number of hydrogen-bond donors (Lipinski definition) is 1. The number of carbonyl (C=O) groups excluding carboxylic acids is 2. The van der Waals surface area contributed by atoms with Crippen LogP contribution in [0.4, 0.5) is 4.39 Å². The Kier molecular flexibility index (Phi) is 6.14. The summed E-state index contributed by atoms with van der Waals surface area (Å²) < 4.78 is 23.7. The maximum Gasteiger partial charge on any atom is 0.340 e. The van der Waals surface area contributed by atoms with Gasteiger partial charge in [-0.3, -0.25) is 4.79 Å². The Hall–Kier alpha value is -3.40. The molecule has 1 aromatic carbocycles. The van der Waals surface area contributed by atoms with E-state index in [1.807, 2.05) is 6.07 Å². The van der Waals surface area contributed by atoms with Gasteiger partial charge < -0.3 is 14.5 Å². The molecule has 0 aliphatic carbocycles. The van der Waals surface area contributed by atoms with E-state index in [4.69, 9.17) is 9.47 Å². The molecule has 1 aromatic heterocycles. The molecule has 0 radical (unpaired) electrons. The molecule has 0 saturated heterocycles. The number of aromatic amines is 1. The van der Waals surface area contributed by atoms with Crippen LogP contribution in [0.3, 0.4) is 0 Å². The third-order valence-electron chi connectivity index (χ3n) is 4.00. The lowest BCUT2D eigenvalue weighted by Crippen LogP contribution is -2.08. The van der Waals surface area contributed by atoms with Crippen LogP contribution in [0.5, 0.6) is 5.75 Å². The van der Waals surface area contributed by atoms with Gasteiger partial charge in [-0.25, -0.2) is 9.18 Å². The van der Waals surface area contributed by atoms with Gasteiger partial charge in [0.1, 0.15) is 11.6 Å². The van der Waals surface area contributed by atoms with Crippen molar-refractivity contribution in [2.45, 2.75) is 20.8 Å². The Morgan fingerprint density at radius 2 is 2.04 bits per heavy atom. The lowest BCUT2D eigenvalue weighted by atomic mass is 10.0. The molecule has 0 aliphatic rings. The molecule has 0 atom stereocenters. The van der Waals surface area contributed by atoms with Crippen LogP contribution in [0.25, 0.3) is 6.08 Å². The monoisotopic (exact) mass is 370 g/mol. The predicted octanol–water partition coefficient (Wildman–Crippen LogP) is 3.75. The highest BCUT2D eigenvalue weighted by molar-refractivity contribution is 6.15. The fourth-order valence-corrected chi connectivity index (χ4v) is 2.71. The van der Waals surface area contributed by atoms with E-state index < -0.39 is 17.6 Å².